The first-order valence-electron chi connectivity index (χ1n) is 2.82. The third-order valence-electron chi connectivity index (χ3n) is 1.20. The van der Waals surface area contributed by atoms with Crippen molar-refractivity contribution < 1.29 is 8.78 Å². The van der Waals surface area contributed by atoms with Crippen molar-refractivity contribution in [3.8, 4) is 0 Å². The molecule has 51 valence electrons. The quantitative estimate of drug-likeness (QED) is 0.541. The number of halogens is 2. The zero-order valence-electron chi connectivity index (χ0n) is 5.20. The molecule has 3 heteroatoms. The van der Waals surface area contributed by atoms with Gasteiger partial charge in [-0.25, -0.2) is 8.78 Å². The van der Waals surface area contributed by atoms with Crippen LogP contribution >= 0.6 is 0 Å². The Morgan fingerprint density at radius 3 is 2.50 bits per heavy atom. The second kappa shape index (κ2) is 2.92. The molecule has 0 heterocycles. The molecular formula is C7H5F2Si. The summed E-state index contributed by atoms with van der Waals surface area (Å²) < 4.78 is 24.9. The van der Waals surface area contributed by atoms with Crippen LogP contribution in [0, 0.1) is 11.6 Å². The Bertz CT molecular complexity index is 235. The van der Waals surface area contributed by atoms with Gasteiger partial charge in [0.2, 0.25) is 0 Å². The topological polar surface area (TPSA) is 0 Å². The van der Waals surface area contributed by atoms with Gasteiger partial charge in [-0.1, -0.05) is 0 Å². The van der Waals surface area contributed by atoms with Crippen LogP contribution in [0.25, 0.3) is 0 Å². The van der Waals surface area contributed by atoms with Crippen LogP contribution in [-0.2, 0) is 6.04 Å². The summed E-state index contributed by atoms with van der Waals surface area (Å²) in [5.74, 6) is -0.786. The first kappa shape index (κ1) is 7.40. The molecule has 0 aliphatic rings. The molecule has 0 unspecified atom stereocenters. The molecule has 3 radical (unpaired) electrons. The summed E-state index contributed by atoms with van der Waals surface area (Å²) in [4.78, 5) is 0. The molecule has 1 rings (SSSR count). The van der Waals surface area contributed by atoms with Crippen molar-refractivity contribution in [2.75, 3.05) is 0 Å². The molecule has 0 fully saturated rings. The molecule has 0 aliphatic heterocycles. The predicted molar refractivity (Wildman–Crippen MR) is 35.8 cm³/mol. The lowest BCUT2D eigenvalue weighted by Crippen LogP contribution is -1.90. The van der Waals surface area contributed by atoms with E-state index >= 15 is 0 Å². The number of benzene rings is 1. The van der Waals surface area contributed by atoms with E-state index in [1.54, 1.807) is 0 Å². The Hall–Kier alpha value is -0.703. The first-order valence-corrected chi connectivity index (χ1v) is 3.53. The van der Waals surface area contributed by atoms with Gasteiger partial charge in [0.1, 0.15) is 11.6 Å². The van der Waals surface area contributed by atoms with Crippen LogP contribution in [-0.4, -0.2) is 10.2 Å². The van der Waals surface area contributed by atoms with Crippen molar-refractivity contribution >= 4 is 10.2 Å². The molecule has 0 saturated carbocycles. The van der Waals surface area contributed by atoms with Crippen LogP contribution in [0.3, 0.4) is 0 Å². The van der Waals surface area contributed by atoms with Crippen LogP contribution in [0.1, 0.15) is 5.56 Å². The standard InChI is InChI=1S/C7H5F2Si/c8-6-1-2-7(9)5(3-6)4-10/h1-3H,4H2. The molecule has 0 aromatic heterocycles. The average Bonchev–Trinajstić information content (AvgIpc) is 1.94. The summed E-state index contributed by atoms with van der Waals surface area (Å²) in [5, 5.41) is 0. The molecule has 0 aliphatic carbocycles. The van der Waals surface area contributed by atoms with Crippen molar-refractivity contribution in [2.24, 2.45) is 0 Å². The Kier molecular flexibility index (Phi) is 2.16. The summed E-state index contributed by atoms with van der Waals surface area (Å²) in [6.07, 6.45) is 0. The van der Waals surface area contributed by atoms with Gasteiger partial charge >= 0.3 is 0 Å². The summed E-state index contributed by atoms with van der Waals surface area (Å²) in [6.45, 7) is 0. The third kappa shape index (κ3) is 1.42. The largest absolute Gasteiger partial charge is 0.207 e. The van der Waals surface area contributed by atoms with Crippen molar-refractivity contribution in [1.29, 1.82) is 0 Å². The molecule has 0 saturated heterocycles. The smallest absolute Gasteiger partial charge is 0.126 e. The minimum Gasteiger partial charge on any atom is -0.207 e. The highest BCUT2D eigenvalue weighted by molar-refractivity contribution is 6.08. The van der Waals surface area contributed by atoms with Gasteiger partial charge in [0.25, 0.3) is 0 Å². The maximum absolute atomic E-state index is 12.6. The minimum atomic E-state index is -0.408. The highest BCUT2D eigenvalue weighted by atomic mass is 28.1. The van der Waals surface area contributed by atoms with Gasteiger partial charge in [-0.2, -0.15) is 0 Å². The van der Waals surface area contributed by atoms with Crippen molar-refractivity contribution in [1.82, 2.24) is 0 Å². The predicted octanol–water partition coefficient (Wildman–Crippen LogP) is 1.63. The fourth-order valence-electron chi connectivity index (χ4n) is 0.679. The zero-order valence-corrected chi connectivity index (χ0v) is 6.20. The fraction of sp³-hybridized carbons (Fsp3) is 0.143. The van der Waals surface area contributed by atoms with Gasteiger partial charge in [-0.15, -0.1) is 0 Å². The minimum absolute atomic E-state index is 0.337. The SMILES string of the molecule is Fc1ccc(F)c(C[Si])c1. The Balaban J connectivity index is 3.09. The Morgan fingerprint density at radius 2 is 2.00 bits per heavy atom. The molecule has 0 N–H and O–H groups in total. The van der Waals surface area contributed by atoms with Gasteiger partial charge in [0.15, 0.2) is 0 Å². The normalized spacial score (nSPS) is 9.90. The summed E-state index contributed by atoms with van der Waals surface area (Å²) >= 11 is 0. The molecule has 0 atom stereocenters. The fourth-order valence-corrected chi connectivity index (χ4v) is 0.950. The third-order valence-corrected chi connectivity index (χ3v) is 1.58. The van der Waals surface area contributed by atoms with E-state index in [2.05, 4.69) is 10.2 Å². The van der Waals surface area contributed by atoms with E-state index in [4.69, 9.17) is 0 Å². The molecule has 1 aromatic rings. The first-order chi connectivity index (χ1) is 4.74. The zero-order chi connectivity index (χ0) is 7.56. The highest BCUT2D eigenvalue weighted by Gasteiger charge is 1.99. The lowest BCUT2D eigenvalue weighted by atomic mass is 10.2. The van der Waals surface area contributed by atoms with Gasteiger partial charge in [0, 0.05) is 10.2 Å². The summed E-state index contributed by atoms with van der Waals surface area (Å²) in [5.41, 5.74) is 0.344. The molecular weight excluding hydrogens is 150 g/mol. The molecule has 0 amide bonds. The highest BCUT2D eigenvalue weighted by Crippen LogP contribution is 2.08. The average molecular weight is 155 g/mol. The number of rotatable bonds is 1. The molecule has 10 heavy (non-hydrogen) atoms. The summed E-state index contributed by atoms with van der Waals surface area (Å²) in [6, 6.07) is 3.72. The Morgan fingerprint density at radius 1 is 1.30 bits per heavy atom. The number of hydrogen-bond acceptors (Lipinski definition) is 0. The molecule has 0 nitrogen and oxygen atoms in total. The van der Waals surface area contributed by atoms with E-state index in [-0.39, 0.29) is 5.82 Å². The lowest BCUT2D eigenvalue weighted by molar-refractivity contribution is 0.591. The number of hydrogen-bond donors (Lipinski definition) is 0. The van der Waals surface area contributed by atoms with E-state index in [9.17, 15) is 8.78 Å². The second-order valence-corrected chi connectivity index (χ2v) is 2.27. The van der Waals surface area contributed by atoms with E-state index in [0.717, 1.165) is 12.1 Å². The van der Waals surface area contributed by atoms with Gasteiger partial charge in [-0.05, 0) is 29.8 Å². The van der Waals surface area contributed by atoms with Gasteiger partial charge in [-0.3, -0.25) is 0 Å². The van der Waals surface area contributed by atoms with E-state index in [1.165, 1.54) is 6.07 Å². The van der Waals surface area contributed by atoms with Crippen LogP contribution in [0.5, 0.6) is 0 Å². The van der Waals surface area contributed by atoms with E-state index in [1.807, 2.05) is 0 Å². The van der Waals surface area contributed by atoms with Crippen LogP contribution in [0.2, 0.25) is 0 Å². The van der Waals surface area contributed by atoms with Crippen molar-refractivity contribution in [2.45, 2.75) is 6.04 Å². The van der Waals surface area contributed by atoms with E-state index in [0.29, 0.717) is 11.6 Å². The van der Waals surface area contributed by atoms with Gasteiger partial charge in [0.05, 0.1) is 0 Å². The van der Waals surface area contributed by atoms with Crippen molar-refractivity contribution in [3.05, 3.63) is 35.4 Å². The van der Waals surface area contributed by atoms with Crippen LogP contribution in [0.15, 0.2) is 18.2 Å². The molecule has 0 bridgehead atoms. The molecule has 1 aromatic carbocycles. The van der Waals surface area contributed by atoms with Crippen LogP contribution in [0.4, 0.5) is 8.78 Å². The summed E-state index contributed by atoms with van der Waals surface area (Å²) in [7, 11) is 3.08. The lowest BCUT2D eigenvalue weighted by Gasteiger charge is -1.96. The Labute approximate surface area is 61.3 Å². The van der Waals surface area contributed by atoms with Gasteiger partial charge < -0.3 is 0 Å². The second-order valence-electron chi connectivity index (χ2n) is 1.91. The van der Waals surface area contributed by atoms with E-state index < -0.39 is 5.82 Å². The van der Waals surface area contributed by atoms with Crippen LogP contribution < -0.4 is 0 Å². The molecule has 0 spiro atoms. The maximum atomic E-state index is 12.6. The monoisotopic (exact) mass is 155 g/mol. The maximum Gasteiger partial charge on any atom is 0.126 e. The van der Waals surface area contributed by atoms with Crippen molar-refractivity contribution in [3.63, 3.8) is 0 Å².